The van der Waals surface area contributed by atoms with Crippen molar-refractivity contribution in [1.29, 1.82) is 0 Å². The van der Waals surface area contributed by atoms with E-state index in [9.17, 15) is 0 Å². The van der Waals surface area contributed by atoms with E-state index >= 15 is 0 Å². The Balaban J connectivity index is 1.01. The summed E-state index contributed by atoms with van der Waals surface area (Å²) < 4.78 is 4.89. The van der Waals surface area contributed by atoms with Gasteiger partial charge in [-0.3, -0.25) is 0 Å². The first-order valence-corrected chi connectivity index (χ1v) is 25.6. The molecule has 0 fully saturated rings. The number of aryl methyl sites for hydroxylation is 2. The first-order valence-electron chi connectivity index (χ1n) is 24.8. The highest BCUT2D eigenvalue weighted by molar-refractivity contribution is 7.99. The van der Waals surface area contributed by atoms with Crippen LogP contribution in [0.2, 0.25) is 0 Å². The lowest BCUT2D eigenvalue weighted by molar-refractivity contribution is 0.722. The summed E-state index contributed by atoms with van der Waals surface area (Å²) >= 11 is 1.90. The Bertz CT molecular complexity index is 3940. The van der Waals surface area contributed by atoms with Crippen molar-refractivity contribution in [3.63, 3.8) is 0 Å². The van der Waals surface area contributed by atoms with E-state index in [1.165, 1.54) is 104 Å². The summed E-state index contributed by atoms with van der Waals surface area (Å²) in [5.74, 6) is 0. The Labute approximate surface area is 413 Å². The molecule has 0 N–H and O–H groups in total. The quantitative estimate of drug-likeness (QED) is 0.151. The zero-order valence-electron chi connectivity index (χ0n) is 39.3. The van der Waals surface area contributed by atoms with Gasteiger partial charge in [0.2, 0.25) is 0 Å². The fourth-order valence-corrected chi connectivity index (χ4v) is 13.7. The third-order valence-electron chi connectivity index (χ3n) is 15.4. The molecule has 2 aromatic heterocycles. The molecule has 1 aliphatic heterocycles. The molecule has 14 rings (SSSR count). The maximum Gasteiger partial charge on any atom is 0.0736 e. The Morgan fingerprint density at radius 2 is 0.900 bits per heavy atom. The predicted molar refractivity (Wildman–Crippen MR) is 295 cm³/mol. The number of fused-ring (bicyclic) bond motifs is 15. The number of anilines is 5. The van der Waals surface area contributed by atoms with Gasteiger partial charge in [0.15, 0.2) is 0 Å². The molecular weight excluding hydrogens is 869 g/mol. The van der Waals surface area contributed by atoms with E-state index in [4.69, 9.17) is 0 Å². The summed E-state index contributed by atoms with van der Waals surface area (Å²) in [7, 11) is 0. The van der Waals surface area contributed by atoms with Gasteiger partial charge in [0.25, 0.3) is 0 Å². The highest BCUT2D eigenvalue weighted by Crippen LogP contribution is 2.63. The predicted octanol–water partition coefficient (Wildman–Crippen LogP) is 17.6. The van der Waals surface area contributed by atoms with Gasteiger partial charge in [-0.25, -0.2) is 0 Å². The summed E-state index contributed by atoms with van der Waals surface area (Å²) in [6.45, 7) is 6.32. The number of rotatable bonds is 8. The van der Waals surface area contributed by atoms with Gasteiger partial charge in [0.05, 0.1) is 5.41 Å². The van der Waals surface area contributed by atoms with E-state index in [1.807, 2.05) is 11.8 Å². The van der Waals surface area contributed by atoms with Gasteiger partial charge in [-0.2, -0.15) is 0 Å². The Kier molecular flexibility index (Phi) is 9.40. The molecule has 0 bridgehead atoms. The second-order valence-corrected chi connectivity index (χ2v) is 19.9. The largest absolute Gasteiger partial charge is 0.341 e. The van der Waals surface area contributed by atoms with Gasteiger partial charge in [0.1, 0.15) is 0 Å². The van der Waals surface area contributed by atoms with Crippen molar-refractivity contribution < 1.29 is 0 Å². The number of aromatic nitrogens is 2. The second-order valence-electron chi connectivity index (χ2n) is 18.9. The molecule has 5 heteroatoms. The molecule has 0 amide bonds. The van der Waals surface area contributed by atoms with Crippen molar-refractivity contribution in [1.82, 2.24) is 9.13 Å². The molecule has 11 aromatic rings. The SMILES string of the molecule is CCn1c2ccccc2c2cc(N(C3=CC=CCC3)c3ccc4c(c3)C3(c5ccccc5Sc5ccccc53)c3cc(N(c5ccccc5)c5ccc6c(c5)c5ccccc5n6CC)ccc3-4)ccc21. The minimum atomic E-state index is -0.596. The van der Waals surface area contributed by atoms with E-state index in [1.54, 1.807) is 0 Å². The van der Waals surface area contributed by atoms with Gasteiger partial charge >= 0.3 is 0 Å². The summed E-state index contributed by atoms with van der Waals surface area (Å²) in [6, 6.07) is 75.8. The highest BCUT2D eigenvalue weighted by Gasteiger charge is 2.51. The van der Waals surface area contributed by atoms with Crippen LogP contribution in [0.3, 0.4) is 0 Å². The lowest BCUT2D eigenvalue weighted by Crippen LogP contribution is -2.32. The van der Waals surface area contributed by atoms with Crippen LogP contribution in [0.15, 0.2) is 234 Å². The fourth-order valence-electron chi connectivity index (χ4n) is 12.5. The molecule has 9 aromatic carbocycles. The van der Waals surface area contributed by atoms with Gasteiger partial charge in [0, 0.05) is 101 Å². The number of allylic oxidation sites excluding steroid dienone is 4. The molecule has 70 heavy (non-hydrogen) atoms. The molecule has 1 spiro atoms. The monoisotopic (exact) mass is 918 g/mol. The molecule has 4 nitrogen and oxygen atoms in total. The van der Waals surface area contributed by atoms with E-state index in [0.29, 0.717) is 0 Å². The molecule has 0 atom stereocenters. The Morgan fingerprint density at radius 1 is 0.429 bits per heavy atom. The van der Waals surface area contributed by atoms with Gasteiger partial charge in [-0.05, 0) is 163 Å². The molecule has 0 saturated carbocycles. The fraction of sp³-hybridized carbons (Fsp3) is 0.108. The molecular formula is C65H50N4S. The number of para-hydroxylation sites is 3. The van der Waals surface area contributed by atoms with Crippen LogP contribution in [0.25, 0.3) is 54.7 Å². The number of benzene rings is 9. The number of nitrogens with zero attached hydrogens (tertiary/aromatic N) is 4. The molecule has 3 aliphatic rings. The summed E-state index contributed by atoms with van der Waals surface area (Å²) in [6.07, 6.45) is 8.82. The van der Waals surface area contributed by atoms with Crippen LogP contribution in [0.4, 0.5) is 28.4 Å². The van der Waals surface area contributed by atoms with E-state index in [0.717, 1.165) is 43.0 Å². The summed E-state index contributed by atoms with van der Waals surface area (Å²) in [5, 5.41) is 5.13. The van der Waals surface area contributed by atoms with Gasteiger partial charge < -0.3 is 18.9 Å². The smallest absolute Gasteiger partial charge is 0.0736 e. The first kappa shape index (κ1) is 41.0. The standard InChI is InChI=1S/C65H50N4S/c1-3-66-59-27-15-11-23-51(59)53-39-45(33-37-61(53)66)68(43-19-7-5-8-20-43)47-31-35-49-50-36-32-48(42-58(50)65(57(49)41-47)55-25-13-17-29-63(55)70-64-30-18-14-26-56(64)65)69(44-21-9-6-10-22-44)46-34-38-62-54(40-46)52-24-12-16-28-60(52)67(62)4-2/h5-9,11-21,23-42H,3-4,10,22H2,1-2H3. The molecule has 0 radical (unpaired) electrons. The molecule has 336 valence electrons. The van der Waals surface area contributed by atoms with Crippen LogP contribution in [-0.4, -0.2) is 9.13 Å². The van der Waals surface area contributed by atoms with Crippen LogP contribution in [-0.2, 0) is 18.5 Å². The van der Waals surface area contributed by atoms with Gasteiger partial charge in [-0.15, -0.1) is 0 Å². The van der Waals surface area contributed by atoms with Crippen LogP contribution in [0.5, 0.6) is 0 Å². The first-order chi connectivity index (χ1) is 34.6. The van der Waals surface area contributed by atoms with Crippen LogP contribution >= 0.6 is 11.8 Å². The van der Waals surface area contributed by atoms with Crippen molar-refractivity contribution in [3.05, 3.63) is 246 Å². The second kappa shape index (κ2) is 16.0. The zero-order valence-corrected chi connectivity index (χ0v) is 40.1. The van der Waals surface area contributed by atoms with E-state index in [2.05, 4.69) is 251 Å². The van der Waals surface area contributed by atoms with Crippen molar-refractivity contribution in [2.45, 2.75) is 55.0 Å². The Morgan fingerprint density at radius 3 is 1.46 bits per heavy atom. The molecule has 0 saturated heterocycles. The number of hydrogen-bond acceptors (Lipinski definition) is 3. The molecule has 3 heterocycles. The van der Waals surface area contributed by atoms with Crippen LogP contribution in [0.1, 0.15) is 48.9 Å². The minimum Gasteiger partial charge on any atom is -0.341 e. The number of hydrogen-bond donors (Lipinski definition) is 0. The van der Waals surface area contributed by atoms with Crippen molar-refractivity contribution in [2.24, 2.45) is 0 Å². The zero-order chi connectivity index (χ0) is 46.5. The maximum atomic E-state index is 2.55. The Hall–Kier alpha value is -7.99. The van der Waals surface area contributed by atoms with E-state index in [-0.39, 0.29) is 0 Å². The maximum absolute atomic E-state index is 2.55. The summed E-state index contributed by atoms with van der Waals surface area (Å²) in [4.78, 5) is 7.60. The van der Waals surface area contributed by atoms with Gasteiger partial charge in [-0.1, -0.05) is 127 Å². The molecule has 0 unspecified atom stereocenters. The highest BCUT2D eigenvalue weighted by atomic mass is 32.2. The summed E-state index contributed by atoms with van der Waals surface area (Å²) in [5.41, 5.74) is 19.3. The lowest BCUT2D eigenvalue weighted by atomic mass is 9.67. The average Bonchev–Trinajstić information content (AvgIpc) is 4.02. The topological polar surface area (TPSA) is 16.3 Å². The van der Waals surface area contributed by atoms with E-state index < -0.39 is 5.41 Å². The normalized spacial score (nSPS) is 14.2. The van der Waals surface area contributed by atoms with Crippen molar-refractivity contribution in [3.8, 4) is 11.1 Å². The lowest BCUT2D eigenvalue weighted by Gasteiger charge is -2.40. The average molecular weight is 919 g/mol. The third kappa shape index (κ3) is 5.91. The third-order valence-corrected chi connectivity index (χ3v) is 16.5. The van der Waals surface area contributed by atoms with Crippen LogP contribution < -0.4 is 9.80 Å². The van der Waals surface area contributed by atoms with Crippen LogP contribution in [0, 0.1) is 0 Å². The molecule has 2 aliphatic carbocycles. The van der Waals surface area contributed by atoms with Crippen molar-refractivity contribution >= 4 is 83.8 Å². The van der Waals surface area contributed by atoms with Crippen molar-refractivity contribution in [2.75, 3.05) is 9.80 Å². The minimum absolute atomic E-state index is 0.596.